The number of fused-ring (bicyclic) bond motifs is 3. The molecule has 10 rings (SSSR count). The zero-order chi connectivity index (χ0) is 39.9. The van der Waals surface area contributed by atoms with Gasteiger partial charge in [0.2, 0.25) is 0 Å². The predicted molar refractivity (Wildman–Crippen MR) is 245 cm³/mol. The molecule has 2 atom stereocenters. The molecule has 5 nitrogen and oxygen atoms in total. The van der Waals surface area contributed by atoms with Gasteiger partial charge >= 0.3 is 0 Å². The van der Waals surface area contributed by atoms with Crippen molar-refractivity contribution >= 4 is 28.2 Å². The molecule has 0 fully saturated rings. The van der Waals surface area contributed by atoms with Crippen LogP contribution in [0.25, 0.3) is 78.8 Å². The lowest BCUT2D eigenvalue weighted by Gasteiger charge is -2.24. The Balaban J connectivity index is 1.19. The number of benzene rings is 6. The zero-order valence-corrected chi connectivity index (χ0v) is 33.4. The van der Waals surface area contributed by atoms with E-state index in [-0.39, 0.29) is 6.04 Å². The van der Waals surface area contributed by atoms with Crippen molar-refractivity contribution in [1.29, 1.82) is 0 Å². The van der Waals surface area contributed by atoms with E-state index in [4.69, 9.17) is 19.9 Å². The Labute approximate surface area is 345 Å². The van der Waals surface area contributed by atoms with E-state index in [0.29, 0.717) is 23.4 Å². The van der Waals surface area contributed by atoms with Crippen LogP contribution in [-0.2, 0) is 0 Å². The highest BCUT2D eigenvalue weighted by atomic mass is 15.0. The van der Waals surface area contributed by atoms with Crippen molar-refractivity contribution in [2.45, 2.75) is 33.2 Å². The fourth-order valence-corrected chi connectivity index (χ4v) is 8.34. The molecule has 3 heterocycles. The minimum absolute atomic E-state index is 0.0463. The molecule has 1 N–H and O–H groups in total. The second-order valence-corrected chi connectivity index (χ2v) is 15.7. The number of anilines is 1. The van der Waals surface area contributed by atoms with Crippen LogP contribution in [0.2, 0.25) is 0 Å². The van der Waals surface area contributed by atoms with Crippen LogP contribution >= 0.6 is 0 Å². The van der Waals surface area contributed by atoms with Gasteiger partial charge in [0.15, 0.2) is 17.5 Å². The lowest BCUT2D eigenvalue weighted by molar-refractivity contribution is 0.738. The van der Waals surface area contributed by atoms with E-state index in [1.165, 1.54) is 27.8 Å². The molecule has 2 unspecified atom stereocenters. The van der Waals surface area contributed by atoms with Crippen LogP contribution < -0.4 is 5.32 Å². The number of nitrogens with one attached hydrogen (secondary N) is 1. The maximum atomic E-state index is 5.46. The molecule has 59 heavy (non-hydrogen) atoms. The quantitative estimate of drug-likeness (QED) is 0.175. The van der Waals surface area contributed by atoms with Crippen molar-refractivity contribution in [3.05, 3.63) is 198 Å². The molecule has 2 aliphatic rings. The SMILES string of the molecule is Cc1ccccc1-c1c(C)cccc1-c1cc(-c2ccc3ccc4c(c3n2)NC(c2ccccc2)C=C4)cc(-c2nc(C3=CCC(C)C=C3)nc(-c3ccccc3)n2)c1. The van der Waals surface area contributed by atoms with Gasteiger partial charge in [0.25, 0.3) is 0 Å². The molecule has 284 valence electrons. The summed E-state index contributed by atoms with van der Waals surface area (Å²) >= 11 is 0. The minimum Gasteiger partial charge on any atom is -0.372 e. The summed E-state index contributed by atoms with van der Waals surface area (Å²) in [6, 6.07) is 51.4. The van der Waals surface area contributed by atoms with Gasteiger partial charge in [0, 0.05) is 27.6 Å². The first-order valence-electron chi connectivity index (χ1n) is 20.4. The number of hydrogen-bond donors (Lipinski definition) is 1. The van der Waals surface area contributed by atoms with Crippen molar-refractivity contribution in [3.8, 4) is 56.3 Å². The number of allylic oxidation sites excluding steroid dienone is 4. The molecule has 0 spiro atoms. The van der Waals surface area contributed by atoms with Crippen LogP contribution in [0.15, 0.2) is 170 Å². The Bertz CT molecular complexity index is 2980. The standard InChI is InChI=1S/C54H43N5/c1-34-21-23-41(24-22-34)53-57-52(40-17-8-5-9-18-40)58-54(59-53)44-32-42(46-20-12-14-36(3)49(46)45-19-11-10-13-35(45)2)31-43(33-44)48-30-28-39-26-25-38-27-29-47(37-15-6-4-7-16-37)55-50(38)51(39)56-48/h4-21,23-34,47,55H,22H2,1-3H3. The number of hydrogen-bond acceptors (Lipinski definition) is 5. The number of nitrogens with zero attached hydrogens (tertiary/aromatic N) is 4. The smallest absolute Gasteiger partial charge is 0.164 e. The Kier molecular flexibility index (Phi) is 9.34. The first-order valence-corrected chi connectivity index (χ1v) is 20.4. The largest absolute Gasteiger partial charge is 0.372 e. The summed E-state index contributed by atoms with van der Waals surface area (Å²) in [5, 5.41) is 4.90. The summed E-state index contributed by atoms with van der Waals surface area (Å²) in [6.45, 7) is 6.61. The highest BCUT2D eigenvalue weighted by Gasteiger charge is 2.21. The predicted octanol–water partition coefficient (Wildman–Crippen LogP) is 13.5. The number of rotatable bonds is 7. The highest BCUT2D eigenvalue weighted by molar-refractivity contribution is 5.98. The second kappa shape index (κ2) is 15.3. The maximum Gasteiger partial charge on any atom is 0.164 e. The van der Waals surface area contributed by atoms with Crippen LogP contribution in [0.3, 0.4) is 0 Å². The third kappa shape index (κ3) is 7.06. The minimum atomic E-state index is 0.0463. The van der Waals surface area contributed by atoms with E-state index >= 15 is 0 Å². The molecule has 0 saturated heterocycles. The Morgan fingerprint density at radius 3 is 2.02 bits per heavy atom. The highest BCUT2D eigenvalue weighted by Crippen LogP contribution is 2.41. The summed E-state index contributed by atoms with van der Waals surface area (Å²) < 4.78 is 0. The molecule has 8 aromatic rings. The van der Waals surface area contributed by atoms with E-state index in [9.17, 15) is 0 Å². The topological polar surface area (TPSA) is 63.6 Å². The molecule has 0 bridgehead atoms. The molecule has 0 amide bonds. The Morgan fingerprint density at radius 1 is 0.542 bits per heavy atom. The normalized spacial score (nSPS) is 15.7. The third-order valence-corrected chi connectivity index (χ3v) is 11.5. The molecule has 0 saturated carbocycles. The first kappa shape index (κ1) is 36.1. The zero-order valence-electron chi connectivity index (χ0n) is 33.4. The van der Waals surface area contributed by atoms with Gasteiger partial charge < -0.3 is 5.32 Å². The summed E-state index contributed by atoms with van der Waals surface area (Å²) in [5.74, 6) is 2.40. The van der Waals surface area contributed by atoms with E-state index < -0.39 is 0 Å². The third-order valence-electron chi connectivity index (χ3n) is 11.5. The fraction of sp³-hybridized carbons (Fsp3) is 0.111. The molecular weight excluding hydrogens is 719 g/mol. The maximum absolute atomic E-state index is 5.46. The van der Waals surface area contributed by atoms with Crippen molar-refractivity contribution in [1.82, 2.24) is 19.9 Å². The summed E-state index contributed by atoms with van der Waals surface area (Å²) in [4.78, 5) is 20.9. The first-order chi connectivity index (χ1) is 28.9. The van der Waals surface area contributed by atoms with Crippen LogP contribution in [0.4, 0.5) is 5.69 Å². The second-order valence-electron chi connectivity index (χ2n) is 15.7. The van der Waals surface area contributed by atoms with E-state index in [1.807, 2.05) is 18.2 Å². The number of aromatic nitrogens is 4. The van der Waals surface area contributed by atoms with E-state index in [1.54, 1.807) is 0 Å². The van der Waals surface area contributed by atoms with E-state index in [0.717, 1.165) is 67.7 Å². The van der Waals surface area contributed by atoms with Crippen LogP contribution in [0.1, 0.15) is 47.5 Å². The summed E-state index contributed by atoms with van der Waals surface area (Å²) in [6.07, 6.45) is 12.0. The number of aryl methyl sites for hydroxylation is 2. The van der Waals surface area contributed by atoms with Crippen molar-refractivity contribution in [2.24, 2.45) is 5.92 Å². The summed E-state index contributed by atoms with van der Waals surface area (Å²) in [7, 11) is 0. The summed E-state index contributed by atoms with van der Waals surface area (Å²) in [5.41, 5.74) is 16.1. The average Bonchev–Trinajstić information content (AvgIpc) is 3.29. The van der Waals surface area contributed by atoms with Gasteiger partial charge in [0.05, 0.1) is 22.9 Å². The molecule has 1 aliphatic heterocycles. The lowest BCUT2D eigenvalue weighted by Crippen LogP contribution is -2.12. The average molecular weight is 762 g/mol. The van der Waals surface area contributed by atoms with Gasteiger partial charge in [-0.2, -0.15) is 0 Å². The van der Waals surface area contributed by atoms with Gasteiger partial charge in [-0.3, -0.25) is 0 Å². The van der Waals surface area contributed by atoms with E-state index in [2.05, 4.69) is 184 Å². The van der Waals surface area contributed by atoms with Crippen molar-refractivity contribution in [3.63, 3.8) is 0 Å². The molecule has 6 aromatic carbocycles. The monoisotopic (exact) mass is 761 g/mol. The van der Waals surface area contributed by atoms with Crippen molar-refractivity contribution in [2.75, 3.05) is 5.32 Å². The Morgan fingerprint density at radius 2 is 1.22 bits per heavy atom. The molecule has 1 aliphatic carbocycles. The van der Waals surface area contributed by atoms with Gasteiger partial charge in [-0.15, -0.1) is 0 Å². The van der Waals surface area contributed by atoms with Gasteiger partial charge in [0.1, 0.15) is 0 Å². The molecular formula is C54H43N5. The van der Waals surface area contributed by atoms with Crippen LogP contribution in [-0.4, -0.2) is 19.9 Å². The van der Waals surface area contributed by atoms with Crippen LogP contribution in [0.5, 0.6) is 0 Å². The lowest BCUT2D eigenvalue weighted by atomic mass is 9.87. The van der Waals surface area contributed by atoms with Gasteiger partial charge in [-0.1, -0.05) is 159 Å². The van der Waals surface area contributed by atoms with Gasteiger partial charge in [-0.25, -0.2) is 19.9 Å². The molecule has 5 heteroatoms. The number of pyridine rings is 1. The molecule has 2 aromatic heterocycles. The Hall–Kier alpha value is -7.24. The van der Waals surface area contributed by atoms with Crippen molar-refractivity contribution < 1.29 is 0 Å². The van der Waals surface area contributed by atoms with Gasteiger partial charge in [-0.05, 0) is 95.0 Å². The fourth-order valence-electron chi connectivity index (χ4n) is 8.34. The van der Waals surface area contributed by atoms with Crippen LogP contribution in [0, 0.1) is 19.8 Å². The molecule has 0 radical (unpaired) electrons.